The maximum absolute atomic E-state index is 12.5. The van der Waals surface area contributed by atoms with Gasteiger partial charge in [0.05, 0.1) is 12.7 Å². The van der Waals surface area contributed by atoms with Gasteiger partial charge in [0.2, 0.25) is 6.79 Å². The smallest absolute Gasteiger partial charge is 0.337 e. The number of nitrogens with zero attached hydrogens (tertiary/aromatic N) is 2. The summed E-state index contributed by atoms with van der Waals surface area (Å²) in [5.74, 6) is 1.12. The molecule has 2 aliphatic heterocycles. The third-order valence-electron chi connectivity index (χ3n) is 4.85. The zero-order valence-electron chi connectivity index (χ0n) is 15.5. The minimum atomic E-state index is -0.405. The molecule has 0 bridgehead atoms. The highest BCUT2D eigenvalue weighted by molar-refractivity contribution is 5.92. The molecule has 8 heteroatoms. The number of anilines is 2. The zero-order valence-corrected chi connectivity index (χ0v) is 15.5. The lowest BCUT2D eigenvalue weighted by atomic mass is 10.2. The molecule has 28 heavy (non-hydrogen) atoms. The Bertz CT molecular complexity index is 876. The summed E-state index contributed by atoms with van der Waals surface area (Å²) in [6, 6.07) is 12.4. The van der Waals surface area contributed by atoms with Crippen molar-refractivity contribution < 1.29 is 23.8 Å². The molecule has 0 radical (unpaired) electrons. The Balaban J connectivity index is 1.32. The molecular weight excluding hydrogens is 362 g/mol. The number of hydrogen-bond acceptors (Lipinski definition) is 6. The molecule has 1 fully saturated rings. The number of rotatable bonds is 3. The molecule has 1 saturated heterocycles. The minimum absolute atomic E-state index is 0.156. The fraction of sp³-hybridized carbons (Fsp3) is 0.300. The molecule has 0 aromatic heterocycles. The number of piperazine rings is 1. The molecular formula is C20H21N3O5. The summed E-state index contributed by atoms with van der Waals surface area (Å²) in [6.07, 6.45) is 0. The van der Waals surface area contributed by atoms with Gasteiger partial charge in [-0.05, 0) is 36.4 Å². The fourth-order valence-corrected chi connectivity index (χ4v) is 3.26. The molecule has 2 heterocycles. The number of hydrogen-bond donors (Lipinski definition) is 1. The van der Waals surface area contributed by atoms with Crippen molar-refractivity contribution in [3.05, 3.63) is 48.0 Å². The highest BCUT2D eigenvalue weighted by Gasteiger charge is 2.23. The summed E-state index contributed by atoms with van der Waals surface area (Å²) >= 11 is 0. The average Bonchev–Trinajstić information content (AvgIpc) is 3.21. The van der Waals surface area contributed by atoms with Crippen LogP contribution in [0.5, 0.6) is 11.5 Å². The maximum Gasteiger partial charge on any atom is 0.337 e. The molecule has 0 saturated carbocycles. The Kier molecular flexibility index (Phi) is 4.92. The van der Waals surface area contributed by atoms with Gasteiger partial charge in [0.25, 0.3) is 0 Å². The molecule has 0 aliphatic carbocycles. The molecule has 4 rings (SSSR count). The van der Waals surface area contributed by atoms with E-state index in [1.165, 1.54) is 7.11 Å². The molecule has 2 aliphatic rings. The number of carbonyl (C=O) groups is 2. The van der Waals surface area contributed by atoms with E-state index in [0.717, 1.165) is 30.3 Å². The second kappa shape index (κ2) is 7.67. The van der Waals surface area contributed by atoms with E-state index in [-0.39, 0.29) is 12.8 Å². The van der Waals surface area contributed by atoms with E-state index in [0.29, 0.717) is 24.3 Å². The zero-order chi connectivity index (χ0) is 19.5. The van der Waals surface area contributed by atoms with Gasteiger partial charge < -0.3 is 29.3 Å². The SMILES string of the molecule is COC(=O)c1ccc(NC(=O)N2CCN(c3ccc4c(c3)OCO4)CC2)cc1. The second-order valence-electron chi connectivity index (χ2n) is 6.51. The van der Waals surface area contributed by atoms with E-state index in [9.17, 15) is 9.59 Å². The van der Waals surface area contributed by atoms with Crippen LogP contribution in [-0.4, -0.2) is 57.0 Å². The normalized spacial score (nSPS) is 15.3. The number of benzene rings is 2. The lowest BCUT2D eigenvalue weighted by Crippen LogP contribution is -2.50. The second-order valence-corrected chi connectivity index (χ2v) is 6.51. The summed E-state index contributed by atoms with van der Waals surface area (Å²) in [7, 11) is 1.33. The van der Waals surface area contributed by atoms with Crippen molar-refractivity contribution in [2.45, 2.75) is 0 Å². The Morgan fingerprint density at radius 2 is 1.68 bits per heavy atom. The van der Waals surface area contributed by atoms with Crippen molar-refractivity contribution in [1.82, 2.24) is 4.90 Å². The predicted octanol–water partition coefficient (Wildman–Crippen LogP) is 2.56. The molecule has 0 unspecified atom stereocenters. The van der Waals surface area contributed by atoms with Crippen LogP contribution in [-0.2, 0) is 4.74 Å². The summed E-state index contributed by atoms with van der Waals surface area (Å²) in [6.45, 7) is 2.94. The van der Waals surface area contributed by atoms with E-state index in [1.54, 1.807) is 29.2 Å². The van der Waals surface area contributed by atoms with Crippen LogP contribution >= 0.6 is 0 Å². The lowest BCUT2D eigenvalue weighted by Gasteiger charge is -2.36. The molecule has 2 aromatic rings. The summed E-state index contributed by atoms with van der Waals surface area (Å²) in [4.78, 5) is 28.0. The molecule has 8 nitrogen and oxygen atoms in total. The number of carbonyl (C=O) groups excluding carboxylic acids is 2. The van der Waals surface area contributed by atoms with Gasteiger partial charge in [0.15, 0.2) is 11.5 Å². The van der Waals surface area contributed by atoms with Crippen molar-refractivity contribution in [2.24, 2.45) is 0 Å². The van der Waals surface area contributed by atoms with E-state index in [2.05, 4.69) is 15.0 Å². The highest BCUT2D eigenvalue weighted by Crippen LogP contribution is 2.35. The molecule has 1 N–H and O–H groups in total. The molecule has 2 aromatic carbocycles. The standard InChI is InChI=1S/C20H21N3O5/c1-26-19(24)14-2-4-15(5-3-14)21-20(25)23-10-8-22(9-11-23)16-6-7-17-18(12-16)28-13-27-17/h2-7,12H,8-11,13H2,1H3,(H,21,25). The number of esters is 1. The number of fused-ring (bicyclic) bond motifs is 1. The monoisotopic (exact) mass is 383 g/mol. The van der Waals surface area contributed by atoms with Gasteiger partial charge in [-0.15, -0.1) is 0 Å². The summed E-state index contributed by atoms with van der Waals surface area (Å²) in [5, 5.41) is 2.86. The predicted molar refractivity (Wildman–Crippen MR) is 103 cm³/mol. The topological polar surface area (TPSA) is 80.3 Å². The summed E-state index contributed by atoms with van der Waals surface area (Å²) in [5.41, 5.74) is 2.14. The van der Waals surface area contributed by atoms with Gasteiger partial charge in [-0.3, -0.25) is 0 Å². The first kappa shape index (κ1) is 18.0. The number of nitrogens with one attached hydrogen (secondary N) is 1. The number of ether oxygens (including phenoxy) is 3. The van der Waals surface area contributed by atoms with Gasteiger partial charge in [-0.2, -0.15) is 0 Å². The van der Waals surface area contributed by atoms with Crippen LogP contribution in [0.4, 0.5) is 16.2 Å². The van der Waals surface area contributed by atoms with Gasteiger partial charge in [-0.25, -0.2) is 9.59 Å². The van der Waals surface area contributed by atoms with Crippen LogP contribution in [0.1, 0.15) is 10.4 Å². The molecule has 0 atom stereocenters. The molecule has 0 spiro atoms. The van der Waals surface area contributed by atoms with Crippen LogP contribution in [0.25, 0.3) is 0 Å². The fourth-order valence-electron chi connectivity index (χ4n) is 3.26. The van der Waals surface area contributed by atoms with Crippen LogP contribution in [0.15, 0.2) is 42.5 Å². The quantitative estimate of drug-likeness (QED) is 0.821. The van der Waals surface area contributed by atoms with Crippen LogP contribution < -0.4 is 19.7 Å². The van der Waals surface area contributed by atoms with Gasteiger partial charge in [0.1, 0.15) is 0 Å². The van der Waals surface area contributed by atoms with Crippen molar-refractivity contribution in [3.8, 4) is 11.5 Å². The third-order valence-corrected chi connectivity index (χ3v) is 4.85. The van der Waals surface area contributed by atoms with Gasteiger partial charge in [0, 0.05) is 43.6 Å². The first-order valence-corrected chi connectivity index (χ1v) is 9.03. The lowest BCUT2D eigenvalue weighted by molar-refractivity contribution is 0.0600. The summed E-state index contributed by atoms with van der Waals surface area (Å²) < 4.78 is 15.4. The van der Waals surface area contributed by atoms with Crippen molar-refractivity contribution in [2.75, 3.05) is 50.3 Å². The van der Waals surface area contributed by atoms with E-state index < -0.39 is 5.97 Å². The Labute approximate surface area is 162 Å². The number of methoxy groups -OCH3 is 1. The average molecular weight is 383 g/mol. The van der Waals surface area contributed by atoms with Crippen molar-refractivity contribution in [1.29, 1.82) is 0 Å². The van der Waals surface area contributed by atoms with E-state index in [1.807, 2.05) is 18.2 Å². The Hall–Kier alpha value is -3.42. The van der Waals surface area contributed by atoms with Crippen LogP contribution in [0, 0.1) is 0 Å². The largest absolute Gasteiger partial charge is 0.465 e. The van der Waals surface area contributed by atoms with Gasteiger partial charge in [-0.1, -0.05) is 0 Å². The number of amides is 2. The van der Waals surface area contributed by atoms with Crippen molar-refractivity contribution in [3.63, 3.8) is 0 Å². The molecule has 2 amide bonds. The van der Waals surface area contributed by atoms with Crippen LogP contribution in [0.3, 0.4) is 0 Å². The Morgan fingerprint density at radius 1 is 0.964 bits per heavy atom. The molecule has 146 valence electrons. The minimum Gasteiger partial charge on any atom is -0.465 e. The van der Waals surface area contributed by atoms with Crippen molar-refractivity contribution >= 4 is 23.4 Å². The van der Waals surface area contributed by atoms with E-state index >= 15 is 0 Å². The van der Waals surface area contributed by atoms with Gasteiger partial charge >= 0.3 is 12.0 Å². The van der Waals surface area contributed by atoms with E-state index in [4.69, 9.17) is 9.47 Å². The first-order valence-electron chi connectivity index (χ1n) is 9.03. The van der Waals surface area contributed by atoms with Crippen LogP contribution in [0.2, 0.25) is 0 Å². The highest BCUT2D eigenvalue weighted by atomic mass is 16.7. The maximum atomic E-state index is 12.5. The number of urea groups is 1. The Morgan fingerprint density at radius 3 is 2.39 bits per heavy atom. The first-order chi connectivity index (χ1) is 13.6. The third kappa shape index (κ3) is 3.66.